The summed E-state index contributed by atoms with van der Waals surface area (Å²) in [5.41, 5.74) is 4.03. The maximum Gasteiger partial charge on any atom is 0.227 e. The summed E-state index contributed by atoms with van der Waals surface area (Å²) >= 11 is 18.2. The first-order valence-corrected chi connectivity index (χ1v) is 22.0. The van der Waals surface area contributed by atoms with Crippen molar-refractivity contribution in [3.8, 4) is 0 Å². The van der Waals surface area contributed by atoms with Gasteiger partial charge in [0.25, 0.3) is 0 Å². The topological polar surface area (TPSA) is 131 Å². The molecule has 0 bridgehead atoms. The van der Waals surface area contributed by atoms with Crippen LogP contribution in [0.4, 0.5) is 29.1 Å². The van der Waals surface area contributed by atoms with Gasteiger partial charge in [-0.15, -0.1) is 0 Å². The van der Waals surface area contributed by atoms with Gasteiger partial charge >= 0.3 is 0 Å². The number of fused-ring (bicyclic) bond motifs is 2. The second-order valence-corrected chi connectivity index (χ2v) is 18.2. The Bertz CT molecular complexity index is 1990. The van der Waals surface area contributed by atoms with Crippen LogP contribution < -0.4 is 24.9 Å². The molecule has 2 fully saturated rings. The van der Waals surface area contributed by atoms with Gasteiger partial charge in [0, 0.05) is 98.1 Å². The summed E-state index contributed by atoms with van der Waals surface area (Å²) in [4.78, 5) is 28.8. The van der Waals surface area contributed by atoms with E-state index in [1.807, 2.05) is 62.4 Å². The number of halogens is 3. The lowest BCUT2D eigenvalue weighted by Gasteiger charge is -2.36. The van der Waals surface area contributed by atoms with E-state index in [1.165, 1.54) is 5.69 Å². The molecule has 2 saturated heterocycles. The van der Waals surface area contributed by atoms with E-state index in [0.29, 0.717) is 57.0 Å². The highest BCUT2D eigenvalue weighted by molar-refractivity contribution is 7.85. The second-order valence-electron chi connectivity index (χ2n) is 13.9. The number of aliphatic hydroxyl groups is 1. The summed E-state index contributed by atoms with van der Waals surface area (Å²) in [5, 5.41) is 14.9. The van der Waals surface area contributed by atoms with Crippen molar-refractivity contribution in [2.45, 2.75) is 42.5 Å². The number of aromatic nitrogens is 4. The van der Waals surface area contributed by atoms with Crippen LogP contribution in [0.3, 0.4) is 0 Å². The highest BCUT2D eigenvalue weighted by Crippen LogP contribution is 2.32. The highest BCUT2D eigenvalue weighted by atomic mass is 35.5. The Morgan fingerprint density at radius 2 is 1.07 bits per heavy atom. The van der Waals surface area contributed by atoms with E-state index in [1.54, 1.807) is 0 Å². The molecule has 0 saturated carbocycles. The number of hydrogen-bond donors (Lipinski definition) is 2. The predicted molar refractivity (Wildman–Crippen MR) is 220 cm³/mol. The maximum absolute atomic E-state index is 12.5. The van der Waals surface area contributed by atoms with Gasteiger partial charge in [0.05, 0.1) is 50.5 Å². The Labute approximate surface area is 336 Å². The van der Waals surface area contributed by atoms with Crippen molar-refractivity contribution in [2.24, 2.45) is 5.92 Å². The molecule has 3 atom stereocenters. The SMILES string of the molecule is CC(C)[C@H](CO)Nc1nc(N2CCN(c3ccc(Cl)cc3)CC2)nc2c1S(=O)CC2.O=S1CCc2nc(N3CCN(c4ccc(Cl)cc4)CC3)nc(Cl)c21. The fourth-order valence-electron chi connectivity index (χ4n) is 6.94. The van der Waals surface area contributed by atoms with Crippen molar-refractivity contribution in [1.82, 2.24) is 19.9 Å². The summed E-state index contributed by atoms with van der Waals surface area (Å²) < 4.78 is 24.5. The van der Waals surface area contributed by atoms with Gasteiger partial charge in [0.15, 0.2) is 5.15 Å². The first kappa shape index (κ1) is 39.0. The van der Waals surface area contributed by atoms with E-state index >= 15 is 0 Å². The molecule has 8 rings (SSSR count). The molecule has 2 aromatic carbocycles. The third-order valence-electron chi connectivity index (χ3n) is 10.1. The van der Waals surface area contributed by atoms with Crippen LogP contribution in [0.15, 0.2) is 58.3 Å². The zero-order chi connectivity index (χ0) is 37.9. The first-order valence-electron chi connectivity index (χ1n) is 18.2. The van der Waals surface area contributed by atoms with E-state index in [2.05, 4.69) is 34.9 Å². The Hall–Kier alpha value is -3.27. The van der Waals surface area contributed by atoms with Gasteiger partial charge in [-0.05, 0) is 54.4 Å². The number of nitrogens with zero attached hydrogens (tertiary/aromatic N) is 8. The number of rotatable bonds is 8. The number of benzene rings is 2. The molecule has 0 radical (unpaired) electrons. The van der Waals surface area contributed by atoms with Crippen molar-refractivity contribution < 1.29 is 13.5 Å². The van der Waals surface area contributed by atoms with Crippen molar-refractivity contribution in [3.05, 3.63) is 75.1 Å². The summed E-state index contributed by atoms with van der Waals surface area (Å²) in [6.07, 6.45) is 1.41. The fraction of sp³-hybridized carbons (Fsp3) is 0.459. The van der Waals surface area contributed by atoms with Gasteiger partial charge < -0.3 is 30.0 Å². The van der Waals surface area contributed by atoms with E-state index in [4.69, 9.17) is 44.8 Å². The molecule has 2 unspecified atom stereocenters. The molecule has 54 heavy (non-hydrogen) atoms. The number of aliphatic hydroxyl groups excluding tert-OH is 1. The molecule has 4 aromatic rings. The Kier molecular flexibility index (Phi) is 12.5. The average molecular weight is 833 g/mol. The van der Waals surface area contributed by atoms with Crippen molar-refractivity contribution in [1.29, 1.82) is 0 Å². The second kappa shape index (κ2) is 17.3. The van der Waals surface area contributed by atoms with Gasteiger partial charge in [-0.1, -0.05) is 48.7 Å². The predicted octanol–water partition coefficient (Wildman–Crippen LogP) is 5.32. The highest BCUT2D eigenvalue weighted by Gasteiger charge is 2.30. The molecule has 4 aliphatic rings. The molecule has 17 heteroatoms. The lowest BCUT2D eigenvalue weighted by Crippen LogP contribution is -2.47. The van der Waals surface area contributed by atoms with Gasteiger partial charge in [0.2, 0.25) is 11.9 Å². The quantitative estimate of drug-likeness (QED) is 0.223. The number of anilines is 5. The summed E-state index contributed by atoms with van der Waals surface area (Å²) in [5.74, 6) is 3.33. The number of hydrogen-bond acceptors (Lipinski definition) is 12. The molecule has 2 aromatic heterocycles. The van der Waals surface area contributed by atoms with Crippen LogP contribution >= 0.6 is 34.8 Å². The molecular formula is C37H44Cl3N9O3S2. The molecule has 0 amide bonds. The minimum absolute atomic E-state index is 0.00181. The summed E-state index contributed by atoms with van der Waals surface area (Å²) in [6, 6.07) is 15.7. The van der Waals surface area contributed by atoms with Crippen LogP contribution in [0.1, 0.15) is 25.2 Å². The van der Waals surface area contributed by atoms with Gasteiger partial charge in [-0.2, -0.15) is 9.97 Å². The van der Waals surface area contributed by atoms with Gasteiger partial charge in [-0.3, -0.25) is 8.42 Å². The van der Waals surface area contributed by atoms with Crippen molar-refractivity contribution in [2.75, 3.05) is 95.4 Å². The fourth-order valence-corrected chi connectivity index (χ4v) is 10.2. The normalized spacial score (nSPS) is 20.1. The zero-order valence-corrected chi connectivity index (χ0v) is 34.2. The van der Waals surface area contributed by atoms with E-state index in [0.717, 1.165) is 79.5 Å². The Morgan fingerprint density at radius 1 is 0.648 bits per heavy atom. The largest absolute Gasteiger partial charge is 0.394 e. The van der Waals surface area contributed by atoms with Crippen LogP contribution in [-0.4, -0.2) is 110 Å². The van der Waals surface area contributed by atoms with Crippen LogP contribution in [0.2, 0.25) is 15.2 Å². The third-order valence-corrected chi connectivity index (χ3v) is 14.0. The van der Waals surface area contributed by atoms with Gasteiger partial charge in [0.1, 0.15) is 10.7 Å². The van der Waals surface area contributed by atoms with Crippen LogP contribution in [-0.2, 0) is 34.4 Å². The van der Waals surface area contributed by atoms with E-state index in [-0.39, 0.29) is 18.6 Å². The first-order chi connectivity index (χ1) is 26.1. The van der Waals surface area contributed by atoms with E-state index < -0.39 is 21.6 Å². The van der Waals surface area contributed by atoms with Crippen LogP contribution in [0, 0.1) is 5.92 Å². The zero-order valence-electron chi connectivity index (χ0n) is 30.3. The van der Waals surface area contributed by atoms with Gasteiger partial charge in [-0.25, -0.2) is 9.97 Å². The van der Waals surface area contributed by atoms with Crippen LogP contribution in [0.5, 0.6) is 0 Å². The minimum atomic E-state index is -1.09. The molecule has 12 nitrogen and oxygen atoms in total. The lowest BCUT2D eigenvalue weighted by molar-refractivity contribution is 0.249. The smallest absolute Gasteiger partial charge is 0.227 e. The Balaban J connectivity index is 0.000000171. The number of nitrogens with one attached hydrogen (secondary N) is 1. The van der Waals surface area contributed by atoms with Crippen molar-refractivity contribution >= 4 is 85.5 Å². The molecule has 0 aliphatic carbocycles. The summed E-state index contributed by atoms with van der Waals surface area (Å²) in [6.45, 7) is 10.8. The van der Waals surface area contributed by atoms with Crippen molar-refractivity contribution in [3.63, 3.8) is 0 Å². The van der Waals surface area contributed by atoms with E-state index in [9.17, 15) is 13.5 Å². The minimum Gasteiger partial charge on any atom is -0.394 e. The summed E-state index contributed by atoms with van der Waals surface area (Å²) in [7, 11) is -2.14. The standard InChI is InChI=1S/C21H28ClN5O2S.C16H16Cl2N4OS/c1-14(2)18(13-28)23-20-19-17(7-12-30(19)29)24-21(25-20)27-10-8-26(9-11-27)16-5-3-15(22)4-6-16;17-11-1-3-12(4-2-11)21-6-8-22(9-7-21)16-19-13-5-10-24(23)14(13)15(18)20-16/h3-6,14,18,28H,7-13H2,1-2H3,(H,23,24,25);1-4H,5-10H2/t18-,30?;/m0./s1. The lowest BCUT2D eigenvalue weighted by atomic mass is 10.1. The third kappa shape index (κ3) is 8.74. The number of aryl methyl sites for hydroxylation is 2. The molecule has 2 N–H and O–H groups in total. The molecule has 6 heterocycles. The average Bonchev–Trinajstić information content (AvgIpc) is 3.76. The number of piperazine rings is 2. The molecule has 4 aliphatic heterocycles. The molecule has 288 valence electrons. The monoisotopic (exact) mass is 831 g/mol. The maximum atomic E-state index is 12.5. The Morgan fingerprint density at radius 3 is 1.54 bits per heavy atom. The molecular weight excluding hydrogens is 789 g/mol. The van der Waals surface area contributed by atoms with Crippen LogP contribution in [0.25, 0.3) is 0 Å². The molecule has 0 spiro atoms.